The Balaban J connectivity index is 1.93. The Morgan fingerprint density at radius 3 is 2.44 bits per heavy atom. The van der Waals surface area contributed by atoms with Gasteiger partial charge in [0, 0.05) is 6.07 Å². The Labute approximate surface area is 154 Å². The molecule has 0 aliphatic rings. The highest BCUT2D eigenvalue weighted by molar-refractivity contribution is 6.07. The molecule has 2 aromatic carbocycles. The first-order valence-electron chi connectivity index (χ1n) is 8.32. The summed E-state index contributed by atoms with van der Waals surface area (Å²) in [6.45, 7) is 2.00. The molecular formula is C21H17NO5. The minimum absolute atomic E-state index is 0.250. The van der Waals surface area contributed by atoms with Crippen molar-refractivity contribution in [3.63, 3.8) is 0 Å². The second-order valence-electron chi connectivity index (χ2n) is 6.04. The average molecular weight is 363 g/mol. The topological polar surface area (TPSA) is 74.2 Å². The molecule has 2 aromatic heterocycles. The molecule has 2 heterocycles. The first kappa shape index (κ1) is 16.9. The molecule has 0 atom stereocenters. The molecule has 0 fully saturated rings. The molecule has 136 valence electrons. The SMILES string of the molecule is COc1c2occc2c(OC)c2c(=O)cc(C=Nc3ccc(C)cc3)oc12. The molecule has 27 heavy (non-hydrogen) atoms. The van der Waals surface area contributed by atoms with Crippen LogP contribution in [-0.2, 0) is 0 Å². The van der Waals surface area contributed by atoms with Crippen molar-refractivity contribution < 1.29 is 18.3 Å². The van der Waals surface area contributed by atoms with E-state index < -0.39 is 0 Å². The molecular weight excluding hydrogens is 346 g/mol. The summed E-state index contributed by atoms with van der Waals surface area (Å²) in [5, 5.41) is 0.950. The number of fused-ring (bicyclic) bond motifs is 2. The van der Waals surface area contributed by atoms with Gasteiger partial charge in [-0.1, -0.05) is 17.7 Å². The van der Waals surface area contributed by atoms with Crippen LogP contribution in [0.5, 0.6) is 11.5 Å². The van der Waals surface area contributed by atoms with E-state index >= 15 is 0 Å². The number of rotatable bonds is 4. The molecule has 0 bridgehead atoms. The van der Waals surface area contributed by atoms with Crippen LogP contribution in [0, 0.1) is 6.92 Å². The van der Waals surface area contributed by atoms with Gasteiger partial charge in [0.2, 0.25) is 5.75 Å². The van der Waals surface area contributed by atoms with Gasteiger partial charge in [-0.25, -0.2) is 0 Å². The predicted molar refractivity (Wildman–Crippen MR) is 104 cm³/mol. The molecule has 4 rings (SSSR count). The van der Waals surface area contributed by atoms with Gasteiger partial charge in [-0.05, 0) is 25.1 Å². The Bertz CT molecular complexity index is 1220. The fraction of sp³-hybridized carbons (Fsp3) is 0.143. The summed E-state index contributed by atoms with van der Waals surface area (Å²) >= 11 is 0. The van der Waals surface area contributed by atoms with Crippen LogP contribution in [0.15, 0.2) is 61.3 Å². The normalized spacial score (nSPS) is 11.5. The summed E-state index contributed by atoms with van der Waals surface area (Å²) in [6.07, 6.45) is 3.02. The van der Waals surface area contributed by atoms with Gasteiger partial charge >= 0.3 is 0 Å². The maximum atomic E-state index is 12.8. The molecule has 0 N–H and O–H groups in total. The Morgan fingerprint density at radius 1 is 1.00 bits per heavy atom. The quantitative estimate of drug-likeness (QED) is 0.495. The molecule has 0 spiro atoms. The van der Waals surface area contributed by atoms with E-state index in [-0.39, 0.29) is 11.0 Å². The zero-order valence-electron chi connectivity index (χ0n) is 15.1. The standard InChI is InChI=1S/C21H17NO5/c1-12-4-6-13(7-5-12)22-11-14-10-16(23)17-18(24-2)15-8-9-26-19(15)21(25-3)20(17)27-14/h4-11H,1-3H3. The second-order valence-corrected chi connectivity index (χ2v) is 6.04. The number of hydrogen-bond donors (Lipinski definition) is 0. The van der Waals surface area contributed by atoms with E-state index in [2.05, 4.69) is 4.99 Å². The minimum Gasteiger partial charge on any atom is -0.495 e. The zero-order valence-corrected chi connectivity index (χ0v) is 15.1. The number of hydrogen-bond acceptors (Lipinski definition) is 6. The molecule has 0 saturated carbocycles. The van der Waals surface area contributed by atoms with Crippen molar-refractivity contribution in [3.8, 4) is 11.5 Å². The maximum absolute atomic E-state index is 12.8. The highest BCUT2D eigenvalue weighted by Gasteiger charge is 2.22. The van der Waals surface area contributed by atoms with Gasteiger partial charge in [-0.2, -0.15) is 0 Å². The van der Waals surface area contributed by atoms with E-state index in [1.807, 2.05) is 31.2 Å². The van der Waals surface area contributed by atoms with Crippen molar-refractivity contribution in [2.24, 2.45) is 4.99 Å². The van der Waals surface area contributed by atoms with E-state index in [0.717, 1.165) is 11.3 Å². The third-order valence-corrected chi connectivity index (χ3v) is 4.30. The van der Waals surface area contributed by atoms with Crippen LogP contribution in [0.25, 0.3) is 21.9 Å². The fourth-order valence-corrected chi connectivity index (χ4v) is 3.02. The van der Waals surface area contributed by atoms with Crippen molar-refractivity contribution >= 4 is 33.8 Å². The smallest absolute Gasteiger partial charge is 0.206 e. The van der Waals surface area contributed by atoms with E-state index in [1.54, 1.807) is 6.07 Å². The lowest BCUT2D eigenvalue weighted by Gasteiger charge is -2.10. The largest absolute Gasteiger partial charge is 0.495 e. The number of furan rings is 1. The van der Waals surface area contributed by atoms with E-state index in [1.165, 1.54) is 32.8 Å². The van der Waals surface area contributed by atoms with Crippen molar-refractivity contribution in [1.29, 1.82) is 0 Å². The molecule has 6 heteroatoms. The van der Waals surface area contributed by atoms with Gasteiger partial charge in [-0.15, -0.1) is 0 Å². The lowest BCUT2D eigenvalue weighted by atomic mass is 10.1. The molecule has 0 aliphatic carbocycles. The van der Waals surface area contributed by atoms with E-state index in [0.29, 0.717) is 33.6 Å². The summed E-state index contributed by atoms with van der Waals surface area (Å²) in [5.41, 5.74) is 2.37. The summed E-state index contributed by atoms with van der Waals surface area (Å²) in [7, 11) is 3.00. The van der Waals surface area contributed by atoms with Crippen LogP contribution in [0.1, 0.15) is 11.3 Å². The number of nitrogens with zero attached hydrogens (tertiary/aromatic N) is 1. The number of benzene rings is 2. The van der Waals surface area contributed by atoms with Crippen molar-refractivity contribution in [2.75, 3.05) is 14.2 Å². The zero-order chi connectivity index (χ0) is 19.0. The maximum Gasteiger partial charge on any atom is 0.206 e. The Kier molecular flexibility index (Phi) is 4.16. The summed E-state index contributed by atoms with van der Waals surface area (Å²) in [6, 6.07) is 10.8. The summed E-state index contributed by atoms with van der Waals surface area (Å²) in [5.74, 6) is 1.04. The van der Waals surface area contributed by atoms with Crippen LogP contribution >= 0.6 is 0 Å². The first-order chi connectivity index (χ1) is 13.1. The molecule has 0 radical (unpaired) electrons. The third kappa shape index (κ3) is 2.85. The lowest BCUT2D eigenvalue weighted by molar-refractivity contribution is 0.400. The van der Waals surface area contributed by atoms with Crippen molar-refractivity contribution in [1.82, 2.24) is 0 Å². The van der Waals surface area contributed by atoms with Gasteiger partial charge < -0.3 is 18.3 Å². The monoisotopic (exact) mass is 363 g/mol. The molecule has 0 saturated heterocycles. The van der Waals surface area contributed by atoms with Crippen molar-refractivity contribution in [3.05, 3.63) is 64.2 Å². The highest BCUT2D eigenvalue weighted by Crippen LogP contribution is 2.41. The highest BCUT2D eigenvalue weighted by atomic mass is 16.5. The van der Waals surface area contributed by atoms with Crippen LogP contribution in [-0.4, -0.2) is 20.4 Å². The number of aryl methyl sites for hydroxylation is 1. The summed E-state index contributed by atoms with van der Waals surface area (Å²) < 4.78 is 22.3. The van der Waals surface area contributed by atoms with Crippen LogP contribution in [0.4, 0.5) is 5.69 Å². The number of ether oxygens (including phenoxy) is 2. The minimum atomic E-state index is -0.250. The average Bonchev–Trinajstić information content (AvgIpc) is 3.15. The van der Waals surface area contributed by atoms with E-state index in [9.17, 15) is 4.79 Å². The predicted octanol–water partition coefficient (Wildman–Crippen LogP) is 4.62. The van der Waals surface area contributed by atoms with Gasteiger partial charge in [0.25, 0.3) is 0 Å². The van der Waals surface area contributed by atoms with Gasteiger partial charge in [-0.3, -0.25) is 9.79 Å². The molecule has 0 aliphatic heterocycles. The molecule has 4 aromatic rings. The first-order valence-corrected chi connectivity index (χ1v) is 8.32. The molecule has 0 unspecified atom stereocenters. The van der Waals surface area contributed by atoms with E-state index in [4.69, 9.17) is 18.3 Å². The van der Waals surface area contributed by atoms with Crippen molar-refractivity contribution in [2.45, 2.75) is 6.92 Å². The van der Waals surface area contributed by atoms with Gasteiger partial charge in [0.15, 0.2) is 16.6 Å². The van der Waals surface area contributed by atoms with Gasteiger partial charge in [0.05, 0.1) is 37.8 Å². The fourth-order valence-electron chi connectivity index (χ4n) is 3.02. The number of aliphatic imine (C=N–C) groups is 1. The Hall–Kier alpha value is -3.54. The number of methoxy groups -OCH3 is 2. The molecule has 6 nitrogen and oxygen atoms in total. The molecule has 0 amide bonds. The second kappa shape index (κ2) is 6.64. The lowest BCUT2D eigenvalue weighted by Crippen LogP contribution is -2.05. The van der Waals surface area contributed by atoms with Crippen LogP contribution < -0.4 is 14.9 Å². The van der Waals surface area contributed by atoms with Gasteiger partial charge in [0.1, 0.15) is 16.9 Å². The third-order valence-electron chi connectivity index (χ3n) is 4.30. The summed E-state index contributed by atoms with van der Waals surface area (Å²) in [4.78, 5) is 17.1. The Morgan fingerprint density at radius 2 is 1.74 bits per heavy atom. The van der Waals surface area contributed by atoms with Crippen LogP contribution in [0.2, 0.25) is 0 Å². The van der Waals surface area contributed by atoms with Crippen LogP contribution in [0.3, 0.4) is 0 Å².